The molecule has 2 atom stereocenters. The number of hydrogen-bond acceptors (Lipinski definition) is 2. The first kappa shape index (κ1) is 12.1. The molecule has 2 nitrogen and oxygen atoms in total. The maximum absolute atomic E-state index is 10.5. The monoisotopic (exact) mass is 283 g/mol. The van der Waals surface area contributed by atoms with Crippen molar-refractivity contribution < 1.29 is 5.11 Å². The fourth-order valence-electron chi connectivity index (χ4n) is 2.38. The van der Waals surface area contributed by atoms with E-state index in [9.17, 15) is 5.11 Å². The van der Waals surface area contributed by atoms with Crippen LogP contribution < -0.4 is 5.32 Å². The van der Waals surface area contributed by atoms with Crippen molar-refractivity contribution in [2.24, 2.45) is 5.92 Å². The van der Waals surface area contributed by atoms with Gasteiger partial charge in [-0.1, -0.05) is 28.1 Å². The van der Waals surface area contributed by atoms with E-state index in [1.165, 1.54) is 6.42 Å². The summed E-state index contributed by atoms with van der Waals surface area (Å²) >= 11 is 3.41. The van der Waals surface area contributed by atoms with Crippen LogP contribution in [0.5, 0.6) is 0 Å². The highest BCUT2D eigenvalue weighted by atomic mass is 79.9. The van der Waals surface area contributed by atoms with Gasteiger partial charge in [0.2, 0.25) is 0 Å². The van der Waals surface area contributed by atoms with Crippen LogP contribution in [-0.2, 0) is 5.60 Å². The molecule has 0 bridgehead atoms. The van der Waals surface area contributed by atoms with Crippen LogP contribution in [0.4, 0.5) is 0 Å². The molecule has 0 saturated carbocycles. The summed E-state index contributed by atoms with van der Waals surface area (Å²) in [6, 6.07) is 7.95. The summed E-state index contributed by atoms with van der Waals surface area (Å²) in [6.07, 6.45) is 2.01. The van der Waals surface area contributed by atoms with Gasteiger partial charge in [-0.25, -0.2) is 0 Å². The highest BCUT2D eigenvalue weighted by Crippen LogP contribution is 2.31. The van der Waals surface area contributed by atoms with Gasteiger partial charge in [0.05, 0.1) is 5.60 Å². The van der Waals surface area contributed by atoms with Crippen molar-refractivity contribution in [1.29, 1.82) is 0 Å². The third-order valence-corrected chi connectivity index (χ3v) is 3.84. The normalized spacial score (nSPS) is 24.3. The molecule has 0 aromatic heterocycles. The molecule has 2 rings (SSSR count). The number of halogens is 1. The van der Waals surface area contributed by atoms with E-state index in [1.807, 2.05) is 31.2 Å². The molecule has 0 spiro atoms. The largest absolute Gasteiger partial charge is 0.385 e. The second-order valence-corrected chi connectivity index (χ2v) is 5.76. The van der Waals surface area contributed by atoms with Crippen molar-refractivity contribution in [2.75, 3.05) is 13.1 Å². The van der Waals surface area contributed by atoms with Crippen molar-refractivity contribution in [3.05, 3.63) is 34.3 Å². The van der Waals surface area contributed by atoms with Crippen molar-refractivity contribution in [2.45, 2.75) is 25.4 Å². The van der Waals surface area contributed by atoms with E-state index in [0.717, 1.165) is 29.5 Å². The predicted molar refractivity (Wildman–Crippen MR) is 69.3 cm³/mol. The lowest BCUT2D eigenvalue weighted by molar-refractivity contribution is 0.0326. The van der Waals surface area contributed by atoms with Gasteiger partial charge in [-0.3, -0.25) is 0 Å². The molecule has 2 unspecified atom stereocenters. The molecule has 1 heterocycles. The van der Waals surface area contributed by atoms with Crippen molar-refractivity contribution in [3.8, 4) is 0 Å². The zero-order valence-corrected chi connectivity index (χ0v) is 11.1. The molecule has 2 N–H and O–H groups in total. The van der Waals surface area contributed by atoms with Crippen LogP contribution in [0.3, 0.4) is 0 Å². The molecule has 1 aliphatic heterocycles. The molecule has 16 heavy (non-hydrogen) atoms. The molecule has 0 radical (unpaired) electrons. The van der Waals surface area contributed by atoms with E-state index >= 15 is 0 Å². The Morgan fingerprint density at radius 2 is 2.12 bits per heavy atom. The Hall–Kier alpha value is -0.380. The molecule has 1 fully saturated rings. The lowest BCUT2D eigenvalue weighted by Crippen LogP contribution is -2.26. The van der Waals surface area contributed by atoms with Gasteiger partial charge in [0.15, 0.2) is 0 Å². The average Bonchev–Trinajstić information content (AvgIpc) is 2.70. The van der Waals surface area contributed by atoms with Crippen molar-refractivity contribution in [3.63, 3.8) is 0 Å². The van der Waals surface area contributed by atoms with Crippen LogP contribution >= 0.6 is 15.9 Å². The predicted octanol–water partition coefficient (Wildman–Crippen LogP) is 2.66. The van der Waals surface area contributed by atoms with Crippen LogP contribution in [0, 0.1) is 5.92 Å². The molecule has 1 aliphatic rings. The molecule has 0 amide bonds. The van der Waals surface area contributed by atoms with Crippen LogP contribution in [0.2, 0.25) is 0 Å². The smallest absolute Gasteiger partial charge is 0.0871 e. The summed E-state index contributed by atoms with van der Waals surface area (Å²) in [4.78, 5) is 0. The Balaban J connectivity index is 2.07. The summed E-state index contributed by atoms with van der Waals surface area (Å²) < 4.78 is 1.05. The van der Waals surface area contributed by atoms with Gasteiger partial charge in [0.1, 0.15) is 0 Å². The van der Waals surface area contributed by atoms with Gasteiger partial charge in [-0.2, -0.15) is 0 Å². The highest BCUT2D eigenvalue weighted by Gasteiger charge is 2.28. The molecular weight excluding hydrogens is 266 g/mol. The van der Waals surface area contributed by atoms with Crippen LogP contribution in [0.15, 0.2) is 28.7 Å². The Bertz CT molecular complexity index is 341. The van der Waals surface area contributed by atoms with Gasteiger partial charge in [0.25, 0.3) is 0 Å². The molecule has 0 aliphatic carbocycles. The average molecular weight is 284 g/mol. The van der Waals surface area contributed by atoms with Gasteiger partial charge in [0, 0.05) is 4.47 Å². The molecule has 1 aromatic carbocycles. The Morgan fingerprint density at radius 1 is 1.44 bits per heavy atom. The number of nitrogens with one attached hydrogen (secondary N) is 1. The minimum Gasteiger partial charge on any atom is -0.385 e. The van der Waals surface area contributed by atoms with E-state index < -0.39 is 5.60 Å². The Morgan fingerprint density at radius 3 is 2.69 bits per heavy atom. The van der Waals surface area contributed by atoms with Crippen LogP contribution in [0.25, 0.3) is 0 Å². The maximum atomic E-state index is 10.5. The molecule has 1 aromatic rings. The van der Waals surface area contributed by atoms with E-state index in [2.05, 4.69) is 21.2 Å². The molecule has 88 valence electrons. The number of aliphatic hydroxyl groups is 1. The molecular formula is C13H18BrNO. The number of benzene rings is 1. The second-order valence-electron chi connectivity index (χ2n) is 4.84. The van der Waals surface area contributed by atoms with E-state index in [-0.39, 0.29) is 0 Å². The van der Waals surface area contributed by atoms with Crippen molar-refractivity contribution >= 4 is 15.9 Å². The molecule has 1 saturated heterocycles. The number of rotatable bonds is 3. The maximum Gasteiger partial charge on any atom is 0.0871 e. The zero-order valence-electron chi connectivity index (χ0n) is 9.54. The number of hydrogen-bond donors (Lipinski definition) is 2. The van der Waals surface area contributed by atoms with Crippen molar-refractivity contribution in [1.82, 2.24) is 5.32 Å². The lowest BCUT2D eigenvalue weighted by atomic mass is 9.86. The van der Waals surface area contributed by atoms with Gasteiger partial charge in [-0.15, -0.1) is 0 Å². The minimum absolute atomic E-state index is 0.596. The molecule has 3 heteroatoms. The summed E-state index contributed by atoms with van der Waals surface area (Å²) in [7, 11) is 0. The summed E-state index contributed by atoms with van der Waals surface area (Å²) in [5, 5.41) is 13.8. The van der Waals surface area contributed by atoms with Gasteiger partial charge < -0.3 is 10.4 Å². The first-order valence-electron chi connectivity index (χ1n) is 5.77. The lowest BCUT2D eigenvalue weighted by Gasteiger charge is -2.26. The topological polar surface area (TPSA) is 32.3 Å². The van der Waals surface area contributed by atoms with E-state index in [1.54, 1.807) is 0 Å². The third kappa shape index (κ3) is 2.84. The Labute approximate surface area is 105 Å². The van der Waals surface area contributed by atoms with Crippen LogP contribution in [-0.4, -0.2) is 18.2 Å². The highest BCUT2D eigenvalue weighted by molar-refractivity contribution is 9.10. The third-order valence-electron chi connectivity index (χ3n) is 3.31. The minimum atomic E-state index is -0.711. The van der Waals surface area contributed by atoms with Gasteiger partial charge >= 0.3 is 0 Å². The fourth-order valence-corrected chi connectivity index (χ4v) is 2.64. The zero-order chi connectivity index (χ0) is 11.6. The first-order chi connectivity index (χ1) is 7.58. The summed E-state index contributed by atoms with van der Waals surface area (Å²) in [6.45, 7) is 4.03. The van der Waals surface area contributed by atoms with E-state index in [4.69, 9.17) is 0 Å². The van der Waals surface area contributed by atoms with E-state index in [0.29, 0.717) is 5.92 Å². The fraction of sp³-hybridized carbons (Fsp3) is 0.538. The first-order valence-corrected chi connectivity index (χ1v) is 6.56. The van der Waals surface area contributed by atoms with Gasteiger partial charge in [-0.05, 0) is 56.5 Å². The quantitative estimate of drug-likeness (QED) is 0.894. The Kier molecular flexibility index (Phi) is 3.67. The summed E-state index contributed by atoms with van der Waals surface area (Å²) in [5.41, 5.74) is 0.291. The second kappa shape index (κ2) is 4.86. The standard InChI is InChI=1S/C13H18BrNO/c1-13(16,8-10-6-7-15-9-10)11-2-4-12(14)5-3-11/h2-5,10,15-16H,6-9H2,1H3. The van der Waals surface area contributed by atoms with Crippen LogP contribution in [0.1, 0.15) is 25.3 Å². The summed E-state index contributed by atoms with van der Waals surface area (Å²) in [5.74, 6) is 0.596. The SMILES string of the molecule is CC(O)(CC1CCNC1)c1ccc(Br)cc1.